The zero-order valence-electron chi connectivity index (χ0n) is 11.8. The van der Waals surface area contributed by atoms with Crippen molar-refractivity contribution in [1.29, 1.82) is 0 Å². The molecule has 0 heterocycles. The number of benzene rings is 2. The molecule has 0 unspecified atom stereocenters. The van der Waals surface area contributed by atoms with Gasteiger partial charge in [-0.2, -0.15) is 0 Å². The predicted octanol–water partition coefficient (Wildman–Crippen LogP) is 4.08. The van der Waals surface area contributed by atoms with Crippen LogP contribution in [0.5, 0.6) is 0 Å². The topological polar surface area (TPSA) is 38.0 Å². The van der Waals surface area contributed by atoms with Crippen molar-refractivity contribution in [2.75, 3.05) is 11.9 Å². The first-order valence-corrected chi connectivity index (χ1v) is 7.55. The highest BCUT2D eigenvalue weighted by atomic mass is 32.1. The van der Waals surface area contributed by atoms with Gasteiger partial charge in [0.1, 0.15) is 4.99 Å². The molecule has 3 heteroatoms. The van der Waals surface area contributed by atoms with Gasteiger partial charge in [0.25, 0.3) is 0 Å². The van der Waals surface area contributed by atoms with Crippen molar-refractivity contribution in [1.82, 2.24) is 0 Å². The van der Waals surface area contributed by atoms with Crippen LogP contribution in [0.4, 0.5) is 5.69 Å². The molecule has 1 aliphatic rings. The average molecular weight is 284 g/mol. The molecular formula is C17H20N2S. The van der Waals surface area contributed by atoms with Crippen LogP contribution in [0.2, 0.25) is 0 Å². The lowest BCUT2D eigenvalue weighted by atomic mass is 9.70. The van der Waals surface area contributed by atoms with Crippen LogP contribution in [0.15, 0.2) is 36.4 Å². The van der Waals surface area contributed by atoms with E-state index in [0.29, 0.717) is 10.4 Å². The van der Waals surface area contributed by atoms with Crippen LogP contribution in [0.25, 0.3) is 10.8 Å². The van der Waals surface area contributed by atoms with E-state index in [4.69, 9.17) is 18.0 Å². The Morgan fingerprint density at radius 3 is 2.50 bits per heavy atom. The first kappa shape index (κ1) is 13.4. The third-order valence-electron chi connectivity index (χ3n) is 4.46. The summed E-state index contributed by atoms with van der Waals surface area (Å²) in [4.78, 5) is 0.457. The minimum Gasteiger partial charge on any atom is -0.389 e. The maximum atomic E-state index is 5.81. The SMILES string of the molecule is CC1(CNc2ccc(C(N)=S)c3ccccc23)CCC1. The fourth-order valence-electron chi connectivity index (χ4n) is 2.93. The van der Waals surface area contributed by atoms with E-state index in [2.05, 4.69) is 36.5 Å². The summed E-state index contributed by atoms with van der Waals surface area (Å²) in [5.41, 5.74) is 8.41. The summed E-state index contributed by atoms with van der Waals surface area (Å²) in [6.07, 6.45) is 4.01. The zero-order chi connectivity index (χ0) is 14.2. The van der Waals surface area contributed by atoms with E-state index in [1.165, 1.54) is 30.3 Å². The molecule has 1 saturated carbocycles. The van der Waals surface area contributed by atoms with Crippen LogP contribution in [0.3, 0.4) is 0 Å². The fourth-order valence-corrected chi connectivity index (χ4v) is 3.11. The summed E-state index contributed by atoms with van der Waals surface area (Å²) in [7, 11) is 0. The Morgan fingerprint density at radius 2 is 1.90 bits per heavy atom. The maximum Gasteiger partial charge on any atom is 0.104 e. The van der Waals surface area contributed by atoms with E-state index in [1.54, 1.807) is 0 Å². The van der Waals surface area contributed by atoms with Crippen molar-refractivity contribution >= 4 is 33.7 Å². The number of hydrogen-bond donors (Lipinski definition) is 2. The van der Waals surface area contributed by atoms with Crippen LogP contribution >= 0.6 is 12.2 Å². The molecule has 3 N–H and O–H groups in total. The quantitative estimate of drug-likeness (QED) is 0.831. The second-order valence-corrected chi connectivity index (χ2v) is 6.53. The number of fused-ring (bicyclic) bond motifs is 1. The van der Waals surface area contributed by atoms with Gasteiger partial charge in [-0.05, 0) is 35.8 Å². The van der Waals surface area contributed by atoms with Crippen molar-refractivity contribution in [3.63, 3.8) is 0 Å². The largest absolute Gasteiger partial charge is 0.389 e. The monoisotopic (exact) mass is 284 g/mol. The smallest absolute Gasteiger partial charge is 0.104 e. The summed E-state index contributed by atoms with van der Waals surface area (Å²) < 4.78 is 0. The minimum absolute atomic E-state index is 0.457. The molecule has 0 spiro atoms. The molecule has 0 atom stereocenters. The first-order chi connectivity index (χ1) is 9.59. The molecule has 0 aliphatic heterocycles. The third-order valence-corrected chi connectivity index (χ3v) is 4.68. The molecule has 1 aliphatic carbocycles. The molecule has 0 aromatic heterocycles. The molecule has 3 rings (SSSR count). The molecule has 2 nitrogen and oxygen atoms in total. The van der Waals surface area contributed by atoms with E-state index in [1.807, 2.05) is 12.1 Å². The lowest BCUT2D eigenvalue weighted by molar-refractivity contribution is 0.180. The Morgan fingerprint density at radius 1 is 1.20 bits per heavy atom. The molecule has 2 aromatic carbocycles. The van der Waals surface area contributed by atoms with E-state index < -0.39 is 0 Å². The summed E-state index contributed by atoms with van der Waals surface area (Å²) in [5, 5.41) is 5.94. The molecule has 2 aromatic rings. The van der Waals surface area contributed by atoms with Crippen molar-refractivity contribution in [2.45, 2.75) is 26.2 Å². The summed E-state index contributed by atoms with van der Waals surface area (Å²) in [6.45, 7) is 3.39. The number of anilines is 1. The van der Waals surface area contributed by atoms with Gasteiger partial charge in [-0.15, -0.1) is 0 Å². The average Bonchev–Trinajstić information content (AvgIpc) is 2.42. The highest BCUT2D eigenvalue weighted by molar-refractivity contribution is 7.80. The Labute approximate surface area is 125 Å². The molecule has 0 amide bonds. The van der Waals surface area contributed by atoms with Crippen molar-refractivity contribution in [3.05, 3.63) is 42.0 Å². The van der Waals surface area contributed by atoms with Crippen LogP contribution in [-0.4, -0.2) is 11.5 Å². The van der Waals surface area contributed by atoms with Gasteiger partial charge in [-0.3, -0.25) is 0 Å². The van der Waals surface area contributed by atoms with Crippen molar-refractivity contribution in [2.24, 2.45) is 11.1 Å². The van der Waals surface area contributed by atoms with Crippen molar-refractivity contribution in [3.8, 4) is 0 Å². The number of hydrogen-bond acceptors (Lipinski definition) is 2. The molecule has 104 valence electrons. The van der Waals surface area contributed by atoms with Crippen LogP contribution in [0.1, 0.15) is 31.7 Å². The van der Waals surface area contributed by atoms with Crippen LogP contribution in [0, 0.1) is 5.41 Å². The molecule has 20 heavy (non-hydrogen) atoms. The second-order valence-electron chi connectivity index (χ2n) is 6.09. The Balaban J connectivity index is 1.95. The van der Waals surface area contributed by atoms with Gasteiger partial charge in [-0.1, -0.05) is 49.8 Å². The third kappa shape index (κ3) is 2.38. The number of rotatable bonds is 4. The highest BCUT2D eigenvalue weighted by Crippen LogP contribution is 2.40. The fraction of sp³-hybridized carbons (Fsp3) is 0.353. The molecular weight excluding hydrogens is 264 g/mol. The van der Waals surface area contributed by atoms with E-state index >= 15 is 0 Å². The standard InChI is InChI=1S/C17H20N2S/c1-17(9-4-10-17)11-19-15-8-7-14(16(18)20)12-5-2-3-6-13(12)15/h2-3,5-8,19H,4,9-11H2,1H3,(H2,18,20). The molecule has 1 fully saturated rings. The van der Waals surface area contributed by atoms with Gasteiger partial charge in [0.2, 0.25) is 0 Å². The van der Waals surface area contributed by atoms with Crippen LogP contribution in [-0.2, 0) is 0 Å². The Hall–Kier alpha value is -1.61. The normalized spacial score (nSPS) is 16.6. The van der Waals surface area contributed by atoms with E-state index in [9.17, 15) is 0 Å². The number of nitrogens with two attached hydrogens (primary N) is 1. The van der Waals surface area contributed by atoms with Gasteiger partial charge >= 0.3 is 0 Å². The van der Waals surface area contributed by atoms with Crippen molar-refractivity contribution < 1.29 is 0 Å². The van der Waals surface area contributed by atoms with Gasteiger partial charge in [-0.25, -0.2) is 0 Å². The van der Waals surface area contributed by atoms with Gasteiger partial charge in [0.05, 0.1) is 0 Å². The van der Waals surface area contributed by atoms with Gasteiger partial charge < -0.3 is 11.1 Å². The van der Waals surface area contributed by atoms with E-state index in [0.717, 1.165) is 17.5 Å². The minimum atomic E-state index is 0.457. The first-order valence-electron chi connectivity index (χ1n) is 7.15. The highest BCUT2D eigenvalue weighted by Gasteiger charge is 2.31. The molecule has 0 saturated heterocycles. The second kappa shape index (κ2) is 5.06. The summed E-state index contributed by atoms with van der Waals surface area (Å²) in [6, 6.07) is 12.4. The summed E-state index contributed by atoms with van der Waals surface area (Å²) in [5.74, 6) is 0. The molecule has 0 bridgehead atoms. The summed E-state index contributed by atoms with van der Waals surface area (Å²) >= 11 is 5.14. The Kier molecular flexibility index (Phi) is 3.38. The van der Waals surface area contributed by atoms with Gasteiger partial charge in [0, 0.05) is 23.2 Å². The number of nitrogens with one attached hydrogen (secondary N) is 1. The van der Waals surface area contributed by atoms with Crippen LogP contribution < -0.4 is 11.1 Å². The Bertz CT molecular complexity index is 659. The molecule has 0 radical (unpaired) electrons. The van der Waals surface area contributed by atoms with E-state index in [-0.39, 0.29) is 0 Å². The maximum absolute atomic E-state index is 5.81. The zero-order valence-corrected chi connectivity index (χ0v) is 12.6. The lowest BCUT2D eigenvalue weighted by Crippen LogP contribution is -2.33. The predicted molar refractivity (Wildman–Crippen MR) is 90.3 cm³/mol. The van der Waals surface area contributed by atoms with Gasteiger partial charge in [0.15, 0.2) is 0 Å². The number of thiocarbonyl (C=S) groups is 1. The lowest BCUT2D eigenvalue weighted by Gasteiger charge is -2.38.